The van der Waals surface area contributed by atoms with E-state index in [1.54, 1.807) is 12.1 Å². The van der Waals surface area contributed by atoms with Crippen LogP contribution < -0.4 is 21.3 Å². The minimum absolute atomic E-state index is 0.281. The van der Waals surface area contributed by atoms with Gasteiger partial charge in [-0.3, -0.25) is 15.0 Å². The fourth-order valence-corrected chi connectivity index (χ4v) is 4.37. The highest BCUT2D eigenvalue weighted by molar-refractivity contribution is 6.04. The maximum absolute atomic E-state index is 12.3. The Labute approximate surface area is 194 Å². The van der Waals surface area contributed by atoms with Crippen LogP contribution in [0.4, 0.5) is 15.3 Å². The van der Waals surface area contributed by atoms with Crippen LogP contribution in [0.15, 0.2) is 48.5 Å². The number of carbonyl (C=O) groups excluding carboxylic acids is 3. The maximum atomic E-state index is 12.3. The Bertz CT molecular complexity index is 990. The van der Waals surface area contributed by atoms with Crippen LogP contribution in [0.2, 0.25) is 0 Å². The Morgan fingerprint density at radius 3 is 2.39 bits per heavy atom. The topological polar surface area (TPSA) is 103 Å². The van der Waals surface area contributed by atoms with Gasteiger partial charge in [0, 0.05) is 31.7 Å². The third-order valence-electron chi connectivity index (χ3n) is 6.13. The smallest absolute Gasteiger partial charge is 0.322 e. The van der Waals surface area contributed by atoms with Gasteiger partial charge >= 0.3 is 12.1 Å². The van der Waals surface area contributed by atoms with Crippen molar-refractivity contribution in [3.63, 3.8) is 0 Å². The van der Waals surface area contributed by atoms with Crippen LogP contribution >= 0.6 is 0 Å². The summed E-state index contributed by atoms with van der Waals surface area (Å²) in [7, 11) is 0. The van der Waals surface area contributed by atoms with Gasteiger partial charge < -0.3 is 16.0 Å². The number of piperidine rings is 1. The summed E-state index contributed by atoms with van der Waals surface area (Å²) in [4.78, 5) is 37.6. The fraction of sp³-hybridized carbons (Fsp3) is 0.400. The average molecular weight is 450 g/mol. The SMILES string of the molecule is C[C@H]1CCCN(Cc2ccc(CNC(=O)Nc3ccc(C[C@@H]4NC(=O)NC4=O)cc3)cc2)C1. The summed E-state index contributed by atoms with van der Waals surface area (Å²) >= 11 is 0. The van der Waals surface area contributed by atoms with Crippen molar-refractivity contribution in [2.45, 2.75) is 45.3 Å². The van der Waals surface area contributed by atoms with E-state index in [1.165, 1.54) is 24.9 Å². The molecule has 2 atom stereocenters. The molecule has 0 spiro atoms. The van der Waals surface area contributed by atoms with E-state index in [0.29, 0.717) is 18.7 Å². The summed E-state index contributed by atoms with van der Waals surface area (Å²) < 4.78 is 0. The molecule has 2 aliphatic heterocycles. The molecule has 0 unspecified atom stereocenters. The number of hydrogen-bond acceptors (Lipinski definition) is 4. The lowest BCUT2D eigenvalue weighted by Crippen LogP contribution is -2.33. The zero-order valence-electron chi connectivity index (χ0n) is 18.9. The number of carbonyl (C=O) groups is 3. The summed E-state index contributed by atoms with van der Waals surface area (Å²) in [6.07, 6.45) is 3.00. The lowest BCUT2D eigenvalue weighted by molar-refractivity contribution is -0.120. The van der Waals surface area contributed by atoms with E-state index in [9.17, 15) is 14.4 Å². The lowest BCUT2D eigenvalue weighted by atomic mass is 9.99. The van der Waals surface area contributed by atoms with Crippen molar-refractivity contribution in [2.75, 3.05) is 18.4 Å². The molecule has 0 bridgehead atoms. The molecule has 0 aromatic heterocycles. The molecule has 0 aliphatic carbocycles. The molecule has 2 aliphatic rings. The first-order chi connectivity index (χ1) is 15.9. The molecule has 2 aromatic rings. The van der Waals surface area contributed by atoms with E-state index in [1.807, 2.05) is 12.1 Å². The zero-order chi connectivity index (χ0) is 23.2. The van der Waals surface area contributed by atoms with E-state index in [-0.39, 0.29) is 11.9 Å². The minimum Gasteiger partial charge on any atom is -0.334 e. The van der Waals surface area contributed by atoms with Gasteiger partial charge in [-0.15, -0.1) is 0 Å². The number of nitrogens with one attached hydrogen (secondary N) is 4. The number of imide groups is 1. The van der Waals surface area contributed by atoms with Gasteiger partial charge in [0.2, 0.25) is 0 Å². The molecular weight excluding hydrogens is 418 g/mol. The second-order valence-electron chi connectivity index (χ2n) is 9.02. The molecule has 33 heavy (non-hydrogen) atoms. The van der Waals surface area contributed by atoms with Gasteiger partial charge in [-0.05, 0) is 54.1 Å². The van der Waals surface area contributed by atoms with Crippen molar-refractivity contribution in [3.05, 3.63) is 65.2 Å². The number of nitrogens with zero attached hydrogens (tertiary/aromatic N) is 1. The van der Waals surface area contributed by atoms with Crippen molar-refractivity contribution >= 4 is 23.7 Å². The van der Waals surface area contributed by atoms with E-state index < -0.39 is 12.1 Å². The molecule has 2 saturated heterocycles. The molecule has 2 fully saturated rings. The summed E-state index contributed by atoms with van der Waals surface area (Å²) in [6.45, 7) is 6.07. The molecule has 4 rings (SSSR count). The van der Waals surface area contributed by atoms with Crippen LogP contribution in [0.5, 0.6) is 0 Å². The molecule has 174 valence electrons. The van der Waals surface area contributed by atoms with Crippen LogP contribution in [0.1, 0.15) is 36.5 Å². The fourth-order valence-electron chi connectivity index (χ4n) is 4.37. The highest BCUT2D eigenvalue weighted by atomic mass is 16.2. The molecule has 2 aromatic carbocycles. The maximum Gasteiger partial charge on any atom is 0.322 e. The van der Waals surface area contributed by atoms with Gasteiger partial charge in [-0.2, -0.15) is 0 Å². The largest absolute Gasteiger partial charge is 0.334 e. The first-order valence-corrected chi connectivity index (χ1v) is 11.5. The van der Waals surface area contributed by atoms with Crippen LogP contribution in [-0.4, -0.2) is 42.0 Å². The van der Waals surface area contributed by atoms with Gasteiger partial charge in [-0.25, -0.2) is 9.59 Å². The number of anilines is 1. The summed E-state index contributed by atoms with van der Waals surface area (Å²) in [6, 6.07) is 14.3. The Balaban J connectivity index is 1.20. The number of hydrogen-bond donors (Lipinski definition) is 4. The van der Waals surface area contributed by atoms with Gasteiger partial charge in [0.05, 0.1) is 0 Å². The van der Waals surface area contributed by atoms with Crippen molar-refractivity contribution in [3.8, 4) is 0 Å². The van der Waals surface area contributed by atoms with Gasteiger partial charge in [-0.1, -0.05) is 43.3 Å². The first kappa shape index (κ1) is 22.8. The van der Waals surface area contributed by atoms with Crippen LogP contribution in [0.25, 0.3) is 0 Å². The van der Waals surface area contributed by atoms with E-state index in [4.69, 9.17) is 0 Å². The number of amides is 5. The van der Waals surface area contributed by atoms with E-state index >= 15 is 0 Å². The molecule has 4 N–H and O–H groups in total. The van der Waals surface area contributed by atoms with Gasteiger partial charge in [0.25, 0.3) is 5.91 Å². The second-order valence-corrected chi connectivity index (χ2v) is 9.02. The molecule has 0 radical (unpaired) electrons. The summed E-state index contributed by atoms with van der Waals surface area (Å²) in [5.41, 5.74) is 3.89. The standard InChI is InChI=1S/C25H31N5O3/c1-17-3-2-12-30(15-17)16-20-6-4-19(5-7-20)14-26-24(32)27-21-10-8-18(9-11-21)13-22-23(31)29-25(33)28-22/h4-11,17,22H,2-3,12-16H2,1H3,(H2,26,27,32)(H2,28,29,31,33)/t17-,22-/m0/s1. The zero-order valence-corrected chi connectivity index (χ0v) is 18.9. The van der Waals surface area contributed by atoms with Crippen LogP contribution in [-0.2, 0) is 24.3 Å². The predicted molar refractivity (Wildman–Crippen MR) is 127 cm³/mol. The average Bonchev–Trinajstić information content (AvgIpc) is 3.11. The van der Waals surface area contributed by atoms with Crippen molar-refractivity contribution in [1.29, 1.82) is 0 Å². The van der Waals surface area contributed by atoms with Gasteiger partial charge in [0.1, 0.15) is 6.04 Å². The molecule has 8 nitrogen and oxygen atoms in total. The number of rotatable bonds is 7. The Morgan fingerprint density at radius 1 is 1.03 bits per heavy atom. The third-order valence-corrected chi connectivity index (χ3v) is 6.13. The van der Waals surface area contributed by atoms with Crippen LogP contribution in [0, 0.1) is 5.92 Å². The normalized spacial score (nSPS) is 20.8. The molecular formula is C25H31N5O3. The lowest BCUT2D eigenvalue weighted by Gasteiger charge is -2.30. The van der Waals surface area contributed by atoms with E-state index in [2.05, 4.69) is 57.4 Å². The Hall–Kier alpha value is -3.39. The first-order valence-electron chi connectivity index (χ1n) is 11.5. The Morgan fingerprint density at radius 2 is 1.73 bits per heavy atom. The number of urea groups is 2. The van der Waals surface area contributed by atoms with E-state index in [0.717, 1.165) is 30.1 Å². The van der Waals surface area contributed by atoms with Crippen molar-refractivity contribution in [2.24, 2.45) is 5.92 Å². The highest BCUT2D eigenvalue weighted by Gasteiger charge is 2.29. The third kappa shape index (κ3) is 6.55. The summed E-state index contributed by atoms with van der Waals surface area (Å²) in [5, 5.41) is 10.5. The molecule has 2 heterocycles. The summed E-state index contributed by atoms with van der Waals surface area (Å²) in [5.74, 6) is 0.448. The Kier molecular flexibility index (Phi) is 7.24. The van der Waals surface area contributed by atoms with Gasteiger partial charge in [0.15, 0.2) is 0 Å². The molecule has 0 saturated carbocycles. The van der Waals surface area contributed by atoms with Crippen LogP contribution in [0.3, 0.4) is 0 Å². The number of likely N-dealkylation sites (tertiary alicyclic amines) is 1. The minimum atomic E-state index is -0.561. The number of benzene rings is 2. The highest BCUT2D eigenvalue weighted by Crippen LogP contribution is 2.18. The predicted octanol–water partition coefficient (Wildman–Crippen LogP) is 2.99. The quantitative estimate of drug-likeness (QED) is 0.488. The van der Waals surface area contributed by atoms with Crippen molar-refractivity contribution in [1.82, 2.24) is 20.9 Å². The van der Waals surface area contributed by atoms with Crippen molar-refractivity contribution < 1.29 is 14.4 Å². The molecule has 5 amide bonds. The molecule has 8 heteroatoms. The second kappa shape index (κ2) is 10.5. The monoisotopic (exact) mass is 449 g/mol.